The van der Waals surface area contributed by atoms with Crippen molar-refractivity contribution >= 4 is 0 Å². The second kappa shape index (κ2) is 11.9. The largest absolute Gasteiger partial charge is 0.323 e. The van der Waals surface area contributed by atoms with Crippen LogP contribution < -0.4 is 5.32 Å². The Kier molecular flexibility index (Phi) is 11.0. The zero-order valence-electron chi connectivity index (χ0n) is 15.3. The monoisotopic (exact) mass is 300 g/mol. The van der Waals surface area contributed by atoms with Crippen LogP contribution in [0.15, 0.2) is 42.6 Å². The van der Waals surface area contributed by atoms with Gasteiger partial charge in [-0.15, -0.1) is 0 Å². The fourth-order valence-corrected chi connectivity index (χ4v) is 2.27. The van der Waals surface area contributed by atoms with Gasteiger partial charge in [0.1, 0.15) is 0 Å². The van der Waals surface area contributed by atoms with Crippen molar-refractivity contribution in [2.45, 2.75) is 47.0 Å². The summed E-state index contributed by atoms with van der Waals surface area (Å²) in [5.41, 5.74) is 5.29. The molecule has 0 amide bonds. The zero-order valence-corrected chi connectivity index (χ0v) is 15.3. The van der Waals surface area contributed by atoms with Gasteiger partial charge in [0.25, 0.3) is 0 Å². The third-order valence-electron chi connectivity index (χ3n) is 3.34. The number of nitrogens with zero attached hydrogens (tertiary/aromatic N) is 1. The Morgan fingerprint density at radius 1 is 0.955 bits per heavy atom. The van der Waals surface area contributed by atoms with Crippen LogP contribution in [0.4, 0.5) is 0 Å². The van der Waals surface area contributed by atoms with Crippen LogP contribution in [0, 0.1) is 13.8 Å². The minimum atomic E-state index is 0.518. The van der Waals surface area contributed by atoms with E-state index in [1.54, 1.807) is 0 Å². The van der Waals surface area contributed by atoms with Gasteiger partial charge >= 0.3 is 0 Å². The van der Waals surface area contributed by atoms with Crippen LogP contribution >= 0.6 is 0 Å². The Bertz CT molecular complexity index is 521. The van der Waals surface area contributed by atoms with Gasteiger partial charge in [0, 0.05) is 11.9 Å². The quantitative estimate of drug-likeness (QED) is 0.871. The average molecular weight is 300 g/mol. The fourth-order valence-electron chi connectivity index (χ4n) is 2.27. The molecule has 0 saturated heterocycles. The molecule has 0 fully saturated rings. The number of hydrogen-bond donors (Lipinski definition) is 1. The molecule has 0 saturated carbocycles. The number of pyridine rings is 1. The maximum atomic E-state index is 4.47. The second-order valence-electron chi connectivity index (χ2n) is 5.23. The van der Waals surface area contributed by atoms with Crippen molar-refractivity contribution in [1.82, 2.24) is 10.3 Å². The van der Waals surface area contributed by atoms with Crippen molar-refractivity contribution in [3.8, 4) is 0 Å². The molecule has 0 aliphatic rings. The molecule has 1 aromatic carbocycles. The van der Waals surface area contributed by atoms with Crippen LogP contribution in [-0.4, -0.2) is 19.1 Å². The Balaban J connectivity index is 0.000000789. The molecule has 1 heterocycles. The van der Waals surface area contributed by atoms with Crippen molar-refractivity contribution in [3.05, 3.63) is 65.0 Å². The predicted molar refractivity (Wildman–Crippen MR) is 98.6 cm³/mol. The van der Waals surface area contributed by atoms with Gasteiger partial charge in [0.2, 0.25) is 0 Å². The first-order valence-electron chi connectivity index (χ1n) is 8.14. The molecule has 1 aromatic heterocycles. The van der Waals surface area contributed by atoms with Gasteiger partial charge in [0.15, 0.2) is 0 Å². The molecule has 0 aliphatic carbocycles. The van der Waals surface area contributed by atoms with Crippen LogP contribution in [0.25, 0.3) is 0 Å². The number of aryl methyl sites for hydroxylation is 2. The standard InChI is InChI=1S/C16H19N.C2H7N.C2H6/c1-12-7-4-5-9-15(12)14(3)11-16-13(2)8-6-10-17-16;1-3-2;1-2/h4-10,14H,11H2,1-3H3;3H,1-2H3;1-2H3/t14-;;/m0../s1. The molecule has 122 valence electrons. The minimum Gasteiger partial charge on any atom is -0.323 e. The molecule has 2 nitrogen and oxygen atoms in total. The average Bonchev–Trinajstić information content (AvgIpc) is 2.53. The molecular weight excluding hydrogens is 268 g/mol. The summed E-state index contributed by atoms with van der Waals surface area (Å²) in [6, 6.07) is 12.7. The van der Waals surface area contributed by atoms with E-state index in [4.69, 9.17) is 0 Å². The number of nitrogens with one attached hydrogen (secondary N) is 1. The Morgan fingerprint density at radius 3 is 2.05 bits per heavy atom. The van der Waals surface area contributed by atoms with Gasteiger partial charge in [-0.2, -0.15) is 0 Å². The van der Waals surface area contributed by atoms with E-state index in [1.807, 2.05) is 40.2 Å². The van der Waals surface area contributed by atoms with Crippen LogP contribution in [-0.2, 0) is 6.42 Å². The first-order valence-corrected chi connectivity index (χ1v) is 8.14. The fraction of sp³-hybridized carbons (Fsp3) is 0.450. The van der Waals surface area contributed by atoms with Gasteiger partial charge in [0.05, 0.1) is 0 Å². The molecule has 2 heteroatoms. The lowest BCUT2D eigenvalue weighted by atomic mass is 9.91. The SMILES string of the molecule is CC.CNC.Cc1ccccc1[C@@H](C)Cc1ncccc1C. The molecule has 1 N–H and O–H groups in total. The second-order valence-corrected chi connectivity index (χ2v) is 5.23. The van der Waals surface area contributed by atoms with Gasteiger partial charge in [-0.1, -0.05) is 51.1 Å². The van der Waals surface area contributed by atoms with E-state index in [2.05, 4.69) is 61.4 Å². The summed E-state index contributed by atoms with van der Waals surface area (Å²) in [7, 11) is 3.75. The van der Waals surface area contributed by atoms with Crippen molar-refractivity contribution in [2.24, 2.45) is 0 Å². The van der Waals surface area contributed by atoms with Crippen molar-refractivity contribution in [3.63, 3.8) is 0 Å². The van der Waals surface area contributed by atoms with E-state index in [0.29, 0.717) is 5.92 Å². The highest BCUT2D eigenvalue weighted by Crippen LogP contribution is 2.23. The Morgan fingerprint density at radius 2 is 1.50 bits per heavy atom. The van der Waals surface area contributed by atoms with Gasteiger partial charge in [-0.05, 0) is 63.0 Å². The highest BCUT2D eigenvalue weighted by molar-refractivity contribution is 5.30. The molecule has 0 radical (unpaired) electrons. The van der Waals surface area contributed by atoms with Crippen LogP contribution in [0.5, 0.6) is 0 Å². The third-order valence-corrected chi connectivity index (χ3v) is 3.34. The van der Waals surface area contributed by atoms with E-state index in [1.165, 1.54) is 22.4 Å². The lowest BCUT2D eigenvalue weighted by molar-refractivity contribution is 0.731. The number of aromatic nitrogens is 1. The maximum absolute atomic E-state index is 4.47. The van der Waals surface area contributed by atoms with Crippen LogP contribution in [0.2, 0.25) is 0 Å². The summed E-state index contributed by atoms with van der Waals surface area (Å²) < 4.78 is 0. The predicted octanol–water partition coefficient (Wildman–Crippen LogP) is 4.91. The first-order chi connectivity index (χ1) is 10.6. The molecule has 0 bridgehead atoms. The van der Waals surface area contributed by atoms with E-state index >= 15 is 0 Å². The molecule has 2 rings (SSSR count). The summed E-state index contributed by atoms with van der Waals surface area (Å²) in [6.45, 7) is 10.6. The molecule has 2 aromatic rings. The highest BCUT2D eigenvalue weighted by Gasteiger charge is 2.10. The highest BCUT2D eigenvalue weighted by atomic mass is 14.7. The van der Waals surface area contributed by atoms with Crippen LogP contribution in [0.1, 0.15) is 49.1 Å². The maximum Gasteiger partial charge on any atom is 0.0438 e. The topological polar surface area (TPSA) is 24.9 Å². The molecule has 0 aliphatic heterocycles. The van der Waals surface area contributed by atoms with Crippen LogP contribution in [0.3, 0.4) is 0 Å². The number of benzene rings is 1. The summed E-state index contributed by atoms with van der Waals surface area (Å²) in [5.74, 6) is 0.518. The van der Waals surface area contributed by atoms with Gasteiger partial charge < -0.3 is 5.32 Å². The number of hydrogen-bond acceptors (Lipinski definition) is 2. The molecule has 0 unspecified atom stereocenters. The number of rotatable bonds is 3. The minimum absolute atomic E-state index is 0.518. The van der Waals surface area contributed by atoms with Gasteiger partial charge in [-0.3, -0.25) is 4.98 Å². The normalized spacial score (nSPS) is 10.7. The van der Waals surface area contributed by atoms with Crippen molar-refractivity contribution in [1.29, 1.82) is 0 Å². The summed E-state index contributed by atoms with van der Waals surface area (Å²) in [4.78, 5) is 4.47. The van der Waals surface area contributed by atoms with Crippen molar-refractivity contribution < 1.29 is 0 Å². The molecule has 22 heavy (non-hydrogen) atoms. The van der Waals surface area contributed by atoms with E-state index in [-0.39, 0.29) is 0 Å². The first kappa shape index (κ1) is 20.3. The Hall–Kier alpha value is -1.67. The molecule has 0 spiro atoms. The van der Waals surface area contributed by atoms with Crippen molar-refractivity contribution in [2.75, 3.05) is 14.1 Å². The van der Waals surface area contributed by atoms with E-state index < -0.39 is 0 Å². The summed E-state index contributed by atoms with van der Waals surface area (Å²) >= 11 is 0. The lowest BCUT2D eigenvalue weighted by Crippen LogP contribution is -2.03. The summed E-state index contributed by atoms with van der Waals surface area (Å²) in [6.07, 6.45) is 2.89. The van der Waals surface area contributed by atoms with E-state index in [9.17, 15) is 0 Å². The summed E-state index contributed by atoms with van der Waals surface area (Å²) in [5, 5.41) is 2.75. The lowest BCUT2D eigenvalue weighted by Gasteiger charge is -2.15. The Labute approximate surface area is 137 Å². The van der Waals surface area contributed by atoms with E-state index in [0.717, 1.165) is 6.42 Å². The third kappa shape index (κ3) is 6.86. The van der Waals surface area contributed by atoms with Gasteiger partial charge in [-0.25, -0.2) is 0 Å². The smallest absolute Gasteiger partial charge is 0.0438 e. The molecule has 1 atom stereocenters. The zero-order chi connectivity index (χ0) is 17.0. The molecular formula is C20H32N2.